The largest absolute Gasteiger partial charge is 0.388 e. The molecule has 2 rings (SSSR count). The van der Waals surface area contributed by atoms with Gasteiger partial charge in [-0.05, 0) is 42.8 Å². The Balaban J connectivity index is 2.34. The van der Waals surface area contributed by atoms with E-state index in [1.165, 1.54) is 16.9 Å². The molecule has 88 valence electrons. The molecule has 0 amide bonds. The molecule has 0 saturated carbocycles. The summed E-state index contributed by atoms with van der Waals surface area (Å²) in [5, 5.41) is 3.16. The van der Waals surface area contributed by atoms with Gasteiger partial charge in [-0.2, -0.15) is 0 Å². The lowest BCUT2D eigenvalue weighted by atomic mass is 10.1. The van der Waals surface area contributed by atoms with E-state index < -0.39 is 0 Å². The number of nitrogens with one attached hydrogen (secondary N) is 1. The Labute approximate surface area is 103 Å². The second kappa shape index (κ2) is 4.91. The zero-order chi connectivity index (χ0) is 12.3. The molecule has 0 aliphatic carbocycles. The number of rotatable bonds is 3. The maximum Gasteiger partial charge on any atom is 0.0439 e. The van der Waals surface area contributed by atoms with Crippen LogP contribution in [-0.4, -0.2) is 14.1 Å². The van der Waals surface area contributed by atoms with Gasteiger partial charge < -0.3 is 10.2 Å². The van der Waals surface area contributed by atoms with Crippen molar-refractivity contribution in [3.63, 3.8) is 0 Å². The van der Waals surface area contributed by atoms with Crippen LogP contribution in [0, 0.1) is 6.92 Å². The molecule has 0 unspecified atom stereocenters. The Bertz CT molecular complexity index is 492. The summed E-state index contributed by atoms with van der Waals surface area (Å²) in [6, 6.07) is 16.8. The molecule has 1 N–H and O–H groups in total. The van der Waals surface area contributed by atoms with Crippen LogP contribution in [0.1, 0.15) is 5.56 Å². The Morgan fingerprint density at radius 2 is 1.71 bits per heavy atom. The van der Waals surface area contributed by atoms with Gasteiger partial charge in [-0.15, -0.1) is 0 Å². The third kappa shape index (κ3) is 2.41. The van der Waals surface area contributed by atoms with Gasteiger partial charge in [0.15, 0.2) is 0 Å². The van der Waals surface area contributed by atoms with Gasteiger partial charge in [-0.25, -0.2) is 0 Å². The molecule has 0 aliphatic rings. The molecule has 17 heavy (non-hydrogen) atoms. The molecule has 0 heterocycles. The molecule has 0 aromatic heterocycles. The summed E-state index contributed by atoms with van der Waals surface area (Å²) in [4.78, 5) is 2.20. The van der Waals surface area contributed by atoms with Crippen LogP contribution in [0.25, 0.3) is 0 Å². The van der Waals surface area contributed by atoms with Crippen LogP contribution in [0.3, 0.4) is 0 Å². The van der Waals surface area contributed by atoms with Crippen LogP contribution in [0.15, 0.2) is 48.5 Å². The van der Waals surface area contributed by atoms with E-state index >= 15 is 0 Å². The molecule has 0 spiro atoms. The molecule has 0 fully saturated rings. The van der Waals surface area contributed by atoms with E-state index in [1.54, 1.807) is 0 Å². The Morgan fingerprint density at radius 3 is 2.29 bits per heavy atom. The number of hydrogen-bond donors (Lipinski definition) is 1. The molecular formula is C15H18N2. The first-order chi connectivity index (χ1) is 8.22. The Kier molecular flexibility index (Phi) is 3.33. The second-order valence-electron chi connectivity index (χ2n) is 4.15. The van der Waals surface area contributed by atoms with Crippen molar-refractivity contribution < 1.29 is 0 Å². The normalized spacial score (nSPS) is 10.1. The number of benzene rings is 2. The summed E-state index contributed by atoms with van der Waals surface area (Å²) in [6.07, 6.45) is 0. The van der Waals surface area contributed by atoms with Gasteiger partial charge in [0.2, 0.25) is 0 Å². The first-order valence-electron chi connectivity index (χ1n) is 5.79. The van der Waals surface area contributed by atoms with Crippen molar-refractivity contribution in [2.75, 3.05) is 24.3 Å². The van der Waals surface area contributed by atoms with Crippen molar-refractivity contribution in [2.45, 2.75) is 6.92 Å². The summed E-state index contributed by atoms with van der Waals surface area (Å²) in [6.45, 7) is 2.13. The fourth-order valence-corrected chi connectivity index (χ4v) is 1.98. The summed E-state index contributed by atoms with van der Waals surface area (Å²) in [5.74, 6) is 0. The van der Waals surface area contributed by atoms with Crippen LogP contribution in [0.2, 0.25) is 0 Å². The molecule has 2 aromatic carbocycles. The maximum absolute atomic E-state index is 3.16. The Hall–Kier alpha value is -1.96. The predicted octanol–water partition coefficient (Wildman–Crippen LogP) is 3.80. The quantitative estimate of drug-likeness (QED) is 0.856. The number of aryl methyl sites for hydroxylation is 1. The summed E-state index contributed by atoms with van der Waals surface area (Å²) >= 11 is 0. The fourth-order valence-electron chi connectivity index (χ4n) is 1.98. The SMILES string of the molecule is CNc1ccc(N(C)c2ccccc2)c(C)c1. The van der Waals surface area contributed by atoms with Gasteiger partial charge in [0.05, 0.1) is 0 Å². The molecule has 0 bridgehead atoms. The van der Waals surface area contributed by atoms with Crippen molar-refractivity contribution in [1.82, 2.24) is 0 Å². The Morgan fingerprint density at radius 1 is 1.00 bits per heavy atom. The molecule has 0 saturated heterocycles. The van der Waals surface area contributed by atoms with E-state index in [2.05, 4.69) is 66.7 Å². The summed E-state index contributed by atoms with van der Waals surface area (Å²) < 4.78 is 0. The number of hydrogen-bond acceptors (Lipinski definition) is 2. The molecule has 0 radical (unpaired) electrons. The van der Waals surface area contributed by atoms with Crippen molar-refractivity contribution in [2.24, 2.45) is 0 Å². The zero-order valence-corrected chi connectivity index (χ0v) is 10.6. The van der Waals surface area contributed by atoms with Crippen LogP contribution in [0.5, 0.6) is 0 Å². The molecule has 0 aliphatic heterocycles. The van der Waals surface area contributed by atoms with E-state index in [0.29, 0.717) is 0 Å². The maximum atomic E-state index is 3.16. The number of anilines is 3. The first kappa shape index (κ1) is 11.5. The van der Waals surface area contributed by atoms with E-state index in [1.807, 2.05) is 13.1 Å². The van der Waals surface area contributed by atoms with Crippen LogP contribution in [-0.2, 0) is 0 Å². The molecule has 0 atom stereocenters. The molecule has 2 heteroatoms. The molecule has 2 aromatic rings. The van der Waals surface area contributed by atoms with E-state index in [4.69, 9.17) is 0 Å². The fraction of sp³-hybridized carbons (Fsp3) is 0.200. The monoisotopic (exact) mass is 226 g/mol. The smallest absolute Gasteiger partial charge is 0.0439 e. The van der Waals surface area contributed by atoms with E-state index in [9.17, 15) is 0 Å². The number of nitrogens with zero attached hydrogens (tertiary/aromatic N) is 1. The average molecular weight is 226 g/mol. The minimum atomic E-state index is 1.15. The van der Waals surface area contributed by atoms with Crippen molar-refractivity contribution in [1.29, 1.82) is 0 Å². The summed E-state index contributed by atoms with van der Waals surface area (Å²) in [5.41, 5.74) is 4.85. The van der Waals surface area contributed by atoms with Crippen molar-refractivity contribution in [3.8, 4) is 0 Å². The van der Waals surface area contributed by atoms with Gasteiger partial charge in [0, 0.05) is 31.2 Å². The highest BCUT2D eigenvalue weighted by molar-refractivity contribution is 5.68. The van der Waals surface area contributed by atoms with Gasteiger partial charge in [0.25, 0.3) is 0 Å². The highest BCUT2D eigenvalue weighted by atomic mass is 15.1. The number of para-hydroxylation sites is 1. The van der Waals surface area contributed by atoms with Gasteiger partial charge in [-0.3, -0.25) is 0 Å². The van der Waals surface area contributed by atoms with Crippen LogP contribution < -0.4 is 10.2 Å². The summed E-state index contributed by atoms with van der Waals surface area (Å²) in [7, 11) is 4.03. The topological polar surface area (TPSA) is 15.3 Å². The third-order valence-electron chi connectivity index (χ3n) is 2.99. The highest BCUT2D eigenvalue weighted by Crippen LogP contribution is 2.28. The second-order valence-corrected chi connectivity index (χ2v) is 4.15. The third-order valence-corrected chi connectivity index (χ3v) is 2.99. The van der Waals surface area contributed by atoms with Gasteiger partial charge in [0.1, 0.15) is 0 Å². The zero-order valence-electron chi connectivity index (χ0n) is 10.6. The lowest BCUT2D eigenvalue weighted by Crippen LogP contribution is -2.10. The van der Waals surface area contributed by atoms with Gasteiger partial charge in [-0.1, -0.05) is 18.2 Å². The minimum Gasteiger partial charge on any atom is -0.388 e. The average Bonchev–Trinajstić information content (AvgIpc) is 2.39. The predicted molar refractivity (Wildman–Crippen MR) is 75.2 cm³/mol. The lowest BCUT2D eigenvalue weighted by Gasteiger charge is -2.22. The first-order valence-corrected chi connectivity index (χ1v) is 5.79. The van der Waals surface area contributed by atoms with Crippen LogP contribution >= 0.6 is 0 Å². The van der Waals surface area contributed by atoms with Gasteiger partial charge >= 0.3 is 0 Å². The lowest BCUT2D eigenvalue weighted by molar-refractivity contribution is 1.18. The minimum absolute atomic E-state index is 1.15. The van der Waals surface area contributed by atoms with Crippen LogP contribution in [0.4, 0.5) is 17.1 Å². The van der Waals surface area contributed by atoms with Crippen molar-refractivity contribution >= 4 is 17.1 Å². The van der Waals surface area contributed by atoms with Crippen molar-refractivity contribution in [3.05, 3.63) is 54.1 Å². The van der Waals surface area contributed by atoms with E-state index in [0.717, 1.165) is 5.69 Å². The standard InChI is InChI=1S/C15H18N2/c1-12-11-13(16-2)9-10-15(12)17(3)14-7-5-4-6-8-14/h4-11,16H,1-3H3. The molecular weight excluding hydrogens is 208 g/mol. The molecule has 2 nitrogen and oxygen atoms in total. The highest BCUT2D eigenvalue weighted by Gasteiger charge is 2.06. The van der Waals surface area contributed by atoms with E-state index in [-0.39, 0.29) is 0 Å².